The van der Waals surface area contributed by atoms with E-state index in [1.54, 1.807) is 12.1 Å². The number of unbranched alkanes of at least 4 members (excludes halogenated alkanes) is 1. The molecule has 4 nitrogen and oxygen atoms in total. The number of hydrogen-bond donors (Lipinski definition) is 2. The number of halogens is 3. The molecule has 0 heterocycles. The summed E-state index contributed by atoms with van der Waals surface area (Å²) in [5.41, 5.74) is 1.33. The van der Waals surface area contributed by atoms with E-state index in [0.29, 0.717) is 11.9 Å². The van der Waals surface area contributed by atoms with Gasteiger partial charge in [-0.1, -0.05) is 83.0 Å². The van der Waals surface area contributed by atoms with Gasteiger partial charge >= 0.3 is 0 Å². The lowest BCUT2D eigenvalue weighted by atomic mass is 9.81. The normalized spacial score (nSPS) is 16.6. The summed E-state index contributed by atoms with van der Waals surface area (Å²) in [6.45, 7) is 6.58. The van der Waals surface area contributed by atoms with Gasteiger partial charge in [0.1, 0.15) is 11.6 Å². The fourth-order valence-corrected chi connectivity index (χ4v) is 5.77. The number of nitrogens with one attached hydrogen (secondary N) is 2. The third-order valence-corrected chi connectivity index (χ3v) is 8.22. The minimum absolute atomic E-state index is 0.0196. The monoisotopic (exact) mass is 559 g/mol. The van der Waals surface area contributed by atoms with Crippen molar-refractivity contribution in [1.29, 1.82) is 0 Å². The van der Waals surface area contributed by atoms with Gasteiger partial charge in [-0.15, -0.1) is 0 Å². The molecule has 2 aromatic rings. The van der Waals surface area contributed by atoms with Gasteiger partial charge in [0, 0.05) is 11.6 Å². The van der Waals surface area contributed by atoms with E-state index in [9.17, 15) is 13.6 Å². The lowest BCUT2D eigenvalue weighted by molar-refractivity contribution is 0.0974. The number of amides is 1. The number of aliphatic imine (C=N–C) groups is 1. The smallest absolute Gasteiger partial charge is 0.258 e. The summed E-state index contributed by atoms with van der Waals surface area (Å²) in [5.74, 6) is -0.196. The molecule has 2 N–H and O–H groups in total. The minimum Gasteiger partial charge on any atom is -0.353 e. The topological polar surface area (TPSA) is 53.5 Å². The number of guanidine groups is 1. The molecule has 3 rings (SSSR count). The van der Waals surface area contributed by atoms with E-state index in [4.69, 9.17) is 16.6 Å². The van der Waals surface area contributed by atoms with E-state index >= 15 is 0 Å². The Morgan fingerprint density at radius 1 is 1.03 bits per heavy atom. The Kier molecular flexibility index (Phi) is 12.7. The molecule has 0 radical (unpaired) electrons. The highest BCUT2D eigenvalue weighted by Crippen LogP contribution is 2.31. The molecular formula is C32H44ClF2N3O. The Labute approximate surface area is 238 Å². The van der Waals surface area contributed by atoms with Gasteiger partial charge in [-0.05, 0) is 79.8 Å². The maximum absolute atomic E-state index is 14.1. The first kappa shape index (κ1) is 31.1. The molecule has 1 fully saturated rings. The molecule has 1 aliphatic rings. The molecule has 1 amide bonds. The van der Waals surface area contributed by atoms with E-state index in [1.807, 2.05) is 12.1 Å². The van der Waals surface area contributed by atoms with E-state index < -0.39 is 11.7 Å². The Morgan fingerprint density at radius 3 is 2.36 bits per heavy atom. The number of carbonyl (C=O) groups is 1. The van der Waals surface area contributed by atoms with Crippen LogP contribution in [0.1, 0.15) is 113 Å². The van der Waals surface area contributed by atoms with Crippen molar-refractivity contribution in [2.75, 3.05) is 0 Å². The van der Waals surface area contributed by atoms with Crippen LogP contribution in [0.15, 0.2) is 47.5 Å². The van der Waals surface area contributed by atoms with Gasteiger partial charge in [-0.2, -0.15) is 0 Å². The first-order valence-corrected chi connectivity index (χ1v) is 15.1. The fourth-order valence-electron chi connectivity index (χ4n) is 5.66. The zero-order valence-electron chi connectivity index (χ0n) is 23.6. The van der Waals surface area contributed by atoms with Crippen LogP contribution in [0, 0.1) is 17.6 Å². The van der Waals surface area contributed by atoms with Crippen molar-refractivity contribution in [3.8, 4) is 0 Å². The van der Waals surface area contributed by atoms with Crippen molar-refractivity contribution in [2.24, 2.45) is 10.9 Å². The molecule has 0 spiro atoms. The third kappa shape index (κ3) is 9.59. The van der Waals surface area contributed by atoms with Gasteiger partial charge in [0.15, 0.2) is 5.96 Å². The molecule has 0 aromatic heterocycles. The lowest BCUT2D eigenvalue weighted by Crippen LogP contribution is -2.49. The van der Waals surface area contributed by atoms with Crippen LogP contribution in [-0.2, 0) is 0 Å². The first-order chi connectivity index (χ1) is 18.8. The van der Waals surface area contributed by atoms with Crippen LogP contribution in [0.3, 0.4) is 0 Å². The number of carbonyl (C=O) groups excluding carboxylic acids is 1. The van der Waals surface area contributed by atoms with E-state index in [1.165, 1.54) is 12.1 Å². The molecule has 0 aliphatic heterocycles. The largest absolute Gasteiger partial charge is 0.353 e. The average molecular weight is 560 g/mol. The Balaban J connectivity index is 1.90. The van der Waals surface area contributed by atoms with Gasteiger partial charge < -0.3 is 5.32 Å². The van der Waals surface area contributed by atoms with Crippen LogP contribution in [0.2, 0.25) is 5.02 Å². The van der Waals surface area contributed by atoms with Gasteiger partial charge in [-0.25, -0.2) is 13.8 Å². The molecule has 3 unspecified atom stereocenters. The standard InChI is InChI=1S/C32H44ClF2N3O/c1-4-7-11-24(23-14-17-26(34)18-15-23)21-30(22(6-3)10-5-2)37-32(36-27-12-8-9-13-27)38-31(39)25-16-19-28(33)29(35)20-25/h14-20,22,24,27,30H,4-13,21H2,1-3H3,(H2,36,37,38,39). The fraction of sp³-hybridized carbons (Fsp3) is 0.562. The van der Waals surface area contributed by atoms with Crippen LogP contribution in [0.4, 0.5) is 8.78 Å². The van der Waals surface area contributed by atoms with Gasteiger partial charge in [0.05, 0.1) is 11.1 Å². The number of hydrogen-bond acceptors (Lipinski definition) is 2. The van der Waals surface area contributed by atoms with Crippen molar-refractivity contribution in [3.05, 3.63) is 70.2 Å². The third-order valence-electron chi connectivity index (χ3n) is 7.91. The zero-order valence-corrected chi connectivity index (χ0v) is 24.4. The first-order valence-electron chi connectivity index (χ1n) is 14.7. The number of rotatable bonds is 13. The molecule has 2 aromatic carbocycles. The lowest BCUT2D eigenvalue weighted by Gasteiger charge is -2.32. The summed E-state index contributed by atoms with van der Waals surface area (Å²) >= 11 is 5.83. The molecule has 7 heteroatoms. The van der Waals surface area contributed by atoms with E-state index in [2.05, 4.69) is 31.4 Å². The average Bonchev–Trinajstić information content (AvgIpc) is 3.44. The maximum atomic E-state index is 14.1. The van der Waals surface area contributed by atoms with Crippen LogP contribution in [0.5, 0.6) is 0 Å². The van der Waals surface area contributed by atoms with Gasteiger partial charge in [-0.3, -0.25) is 10.1 Å². The summed E-state index contributed by atoms with van der Waals surface area (Å²) in [4.78, 5) is 18.1. The highest BCUT2D eigenvalue weighted by molar-refractivity contribution is 6.30. The number of benzene rings is 2. The SMILES string of the molecule is CCCCC(CC(NC(=NC1CCCC1)NC(=O)c1ccc(Cl)c(F)c1)C(CC)CCC)c1ccc(F)cc1. The predicted octanol–water partition coefficient (Wildman–Crippen LogP) is 8.80. The van der Waals surface area contributed by atoms with E-state index in [0.717, 1.165) is 82.3 Å². The molecule has 3 atom stereocenters. The Bertz CT molecular complexity index is 1070. The molecular weight excluding hydrogens is 516 g/mol. The van der Waals surface area contributed by atoms with Crippen molar-refractivity contribution in [3.63, 3.8) is 0 Å². The molecule has 214 valence electrons. The van der Waals surface area contributed by atoms with Crippen molar-refractivity contribution < 1.29 is 13.6 Å². The minimum atomic E-state index is -0.628. The second kappa shape index (κ2) is 16.0. The summed E-state index contributed by atoms with van der Waals surface area (Å²) in [7, 11) is 0. The highest BCUT2D eigenvalue weighted by Gasteiger charge is 2.27. The van der Waals surface area contributed by atoms with Crippen LogP contribution in [-0.4, -0.2) is 24.0 Å². The summed E-state index contributed by atoms with van der Waals surface area (Å²) in [6.07, 6.45) is 11.3. The van der Waals surface area contributed by atoms with Gasteiger partial charge in [0.2, 0.25) is 0 Å². The summed E-state index contributed by atoms with van der Waals surface area (Å²) in [6, 6.07) is 11.2. The van der Waals surface area contributed by atoms with Gasteiger partial charge in [0.25, 0.3) is 5.91 Å². The Hall–Kier alpha value is -2.47. The molecule has 1 aliphatic carbocycles. The van der Waals surface area contributed by atoms with E-state index in [-0.39, 0.29) is 34.4 Å². The molecule has 0 saturated heterocycles. The van der Waals surface area contributed by atoms with Crippen molar-refractivity contribution >= 4 is 23.5 Å². The Morgan fingerprint density at radius 2 is 1.74 bits per heavy atom. The van der Waals surface area contributed by atoms with Crippen molar-refractivity contribution in [1.82, 2.24) is 10.6 Å². The van der Waals surface area contributed by atoms with Crippen LogP contribution >= 0.6 is 11.6 Å². The summed E-state index contributed by atoms with van der Waals surface area (Å²) < 4.78 is 27.8. The number of nitrogens with zero attached hydrogens (tertiary/aromatic N) is 1. The quantitative estimate of drug-likeness (QED) is 0.190. The molecule has 0 bridgehead atoms. The maximum Gasteiger partial charge on any atom is 0.258 e. The molecule has 39 heavy (non-hydrogen) atoms. The summed E-state index contributed by atoms with van der Waals surface area (Å²) in [5, 5.41) is 6.60. The van der Waals surface area contributed by atoms with Crippen LogP contribution in [0.25, 0.3) is 0 Å². The van der Waals surface area contributed by atoms with Crippen LogP contribution < -0.4 is 10.6 Å². The predicted molar refractivity (Wildman–Crippen MR) is 157 cm³/mol. The second-order valence-corrected chi connectivity index (χ2v) is 11.2. The highest BCUT2D eigenvalue weighted by atomic mass is 35.5. The second-order valence-electron chi connectivity index (χ2n) is 10.8. The van der Waals surface area contributed by atoms with Crippen molar-refractivity contribution in [2.45, 2.75) is 109 Å². The molecule has 1 saturated carbocycles. The zero-order chi connectivity index (χ0) is 28.2.